The summed E-state index contributed by atoms with van der Waals surface area (Å²) in [6, 6.07) is 0.137. The molecule has 0 saturated heterocycles. The Kier molecular flexibility index (Phi) is 4.30. The molecule has 2 aromatic heterocycles. The number of hydrogen-bond acceptors (Lipinski definition) is 3. The van der Waals surface area contributed by atoms with Crippen LogP contribution in [0.25, 0.3) is 0 Å². The first-order chi connectivity index (χ1) is 8.58. The lowest BCUT2D eigenvalue weighted by atomic mass is 10.2. The van der Waals surface area contributed by atoms with Crippen molar-refractivity contribution in [2.45, 2.75) is 39.1 Å². The van der Waals surface area contributed by atoms with Gasteiger partial charge in [-0.2, -0.15) is 5.10 Å². The van der Waals surface area contributed by atoms with Crippen LogP contribution in [-0.4, -0.2) is 14.8 Å². The summed E-state index contributed by atoms with van der Waals surface area (Å²) in [5, 5.41) is 8.29. The van der Waals surface area contributed by atoms with Gasteiger partial charge in [0, 0.05) is 5.38 Å². The summed E-state index contributed by atoms with van der Waals surface area (Å²) in [6.07, 6.45) is 0.924. The molecule has 0 fully saturated rings. The van der Waals surface area contributed by atoms with Crippen molar-refractivity contribution in [1.29, 1.82) is 0 Å². The molecule has 0 aliphatic rings. The topological polar surface area (TPSA) is 30.7 Å². The number of aryl methyl sites for hydroxylation is 1. The van der Waals surface area contributed by atoms with E-state index in [2.05, 4.69) is 17.0 Å². The van der Waals surface area contributed by atoms with Crippen LogP contribution in [0.4, 0.5) is 0 Å². The summed E-state index contributed by atoms with van der Waals surface area (Å²) < 4.78 is 1.97. The van der Waals surface area contributed by atoms with Crippen molar-refractivity contribution in [3.63, 3.8) is 0 Å². The molecule has 18 heavy (non-hydrogen) atoms. The van der Waals surface area contributed by atoms with Crippen LogP contribution in [0.3, 0.4) is 0 Å². The second-order valence-electron chi connectivity index (χ2n) is 4.16. The summed E-state index contributed by atoms with van der Waals surface area (Å²) in [7, 11) is 0. The van der Waals surface area contributed by atoms with E-state index in [1.807, 2.05) is 23.9 Å². The Hall–Kier alpha value is -0.580. The molecule has 98 valence electrons. The maximum Gasteiger partial charge on any atom is 0.118 e. The van der Waals surface area contributed by atoms with Crippen LogP contribution in [0.2, 0.25) is 5.02 Å². The van der Waals surface area contributed by atoms with E-state index in [-0.39, 0.29) is 6.04 Å². The van der Waals surface area contributed by atoms with Gasteiger partial charge in [0.2, 0.25) is 0 Å². The van der Waals surface area contributed by atoms with Crippen molar-refractivity contribution in [2.75, 3.05) is 0 Å². The quantitative estimate of drug-likeness (QED) is 0.786. The third-order valence-corrected chi connectivity index (χ3v) is 4.73. The highest BCUT2D eigenvalue weighted by molar-refractivity contribution is 7.09. The highest BCUT2D eigenvalue weighted by Crippen LogP contribution is 2.30. The maximum absolute atomic E-state index is 6.20. The Morgan fingerprint density at radius 2 is 2.17 bits per heavy atom. The molecule has 0 bridgehead atoms. The molecule has 2 aromatic rings. The fourth-order valence-electron chi connectivity index (χ4n) is 1.94. The molecule has 2 rings (SSSR count). The van der Waals surface area contributed by atoms with Crippen LogP contribution in [0.1, 0.15) is 41.5 Å². The van der Waals surface area contributed by atoms with Crippen LogP contribution in [0, 0.1) is 13.8 Å². The Morgan fingerprint density at radius 1 is 1.44 bits per heavy atom. The summed E-state index contributed by atoms with van der Waals surface area (Å²) in [6.45, 7) is 6.03. The lowest BCUT2D eigenvalue weighted by molar-refractivity contribution is 0.492. The summed E-state index contributed by atoms with van der Waals surface area (Å²) in [4.78, 5) is 4.54. The number of thiazole rings is 1. The zero-order chi connectivity index (χ0) is 13.3. The van der Waals surface area contributed by atoms with Crippen LogP contribution in [0.5, 0.6) is 0 Å². The average Bonchev–Trinajstić information content (AvgIpc) is 2.93. The third-order valence-electron chi connectivity index (χ3n) is 2.91. The minimum absolute atomic E-state index is 0.137. The molecule has 0 amide bonds. The van der Waals surface area contributed by atoms with E-state index in [4.69, 9.17) is 23.2 Å². The molecule has 6 heteroatoms. The van der Waals surface area contributed by atoms with E-state index < -0.39 is 0 Å². The predicted molar refractivity (Wildman–Crippen MR) is 76.8 cm³/mol. The van der Waals surface area contributed by atoms with Gasteiger partial charge in [0.1, 0.15) is 11.0 Å². The number of halogens is 2. The zero-order valence-electron chi connectivity index (χ0n) is 10.6. The minimum Gasteiger partial charge on any atom is -0.258 e. The number of hydrogen-bond donors (Lipinski definition) is 0. The van der Waals surface area contributed by atoms with E-state index >= 15 is 0 Å². The van der Waals surface area contributed by atoms with Gasteiger partial charge in [0.15, 0.2) is 0 Å². The summed E-state index contributed by atoms with van der Waals surface area (Å²) >= 11 is 13.6. The van der Waals surface area contributed by atoms with Gasteiger partial charge in [-0.1, -0.05) is 18.5 Å². The molecule has 0 aromatic carbocycles. The Labute approximate surface area is 121 Å². The molecule has 3 nitrogen and oxygen atoms in total. The van der Waals surface area contributed by atoms with E-state index in [0.717, 1.165) is 33.5 Å². The third kappa shape index (κ3) is 2.42. The molecular weight excluding hydrogens is 289 g/mol. The number of alkyl halides is 1. The predicted octanol–water partition coefficient (Wildman–Crippen LogP) is 4.35. The first-order valence-electron chi connectivity index (χ1n) is 5.79. The molecule has 0 aliphatic heterocycles. The molecule has 0 aliphatic carbocycles. The average molecular weight is 304 g/mol. The van der Waals surface area contributed by atoms with Crippen molar-refractivity contribution in [3.8, 4) is 0 Å². The smallest absolute Gasteiger partial charge is 0.118 e. The fraction of sp³-hybridized carbons (Fsp3) is 0.500. The van der Waals surface area contributed by atoms with Crippen molar-refractivity contribution in [3.05, 3.63) is 32.5 Å². The first kappa shape index (κ1) is 13.8. The van der Waals surface area contributed by atoms with Crippen molar-refractivity contribution in [1.82, 2.24) is 14.8 Å². The largest absolute Gasteiger partial charge is 0.258 e. The molecule has 1 atom stereocenters. The van der Waals surface area contributed by atoms with Crippen LogP contribution < -0.4 is 0 Å². The lowest BCUT2D eigenvalue weighted by Crippen LogP contribution is -2.13. The van der Waals surface area contributed by atoms with Crippen molar-refractivity contribution >= 4 is 34.5 Å². The molecule has 0 spiro atoms. The van der Waals surface area contributed by atoms with Gasteiger partial charge >= 0.3 is 0 Å². The molecule has 0 radical (unpaired) electrons. The van der Waals surface area contributed by atoms with Gasteiger partial charge in [0.05, 0.1) is 28.0 Å². The fourth-order valence-corrected chi connectivity index (χ4v) is 3.27. The van der Waals surface area contributed by atoms with Crippen LogP contribution in [0.15, 0.2) is 5.38 Å². The molecular formula is C12H15Cl2N3S. The minimum atomic E-state index is 0.137. The van der Waals surface area contributed by atoms with Crippen LogP contribution >= 0.6 is 34.5 Å². The van der Waals surface area contributed by atoms with E-state index in [1.165, 1.54) is 0 Å². The van der Waals surface area contributed by atoms with Gasteiger partial charge in [-0.25, -0.2) is 4.98 Å². The number of nitrogens with zero attached hydrogens (tertiary/aromatic N) is 3. The molecule has 0 N–H and O–H groups in total. The lowest BCUT2D eigenvalue weighted by Gasteiger charge is -2.14. The summed E-state index contributed by atoms with van der Waals surface area (Å²) in [5.41, 5.74) is 2.77. The monoisotopic (exact) mass is 303 g/mol. The Bertz CT molecular complexity index is 548. The van der Waals surface area contributed by atoms with Gasteiger partial charge in [0.25, 0.3) is 0 Å². The Balaban J connectivity index is 2.41. The van der Waals surface area contributed by atoms with Gasteiger partial charge < -0.3 is 0 Å². The first-order valence-corrected chi connectivity index (χ1v) is 7.59. The van der Waals surface area contributed by atoms with E-state index in [9.17, 15) is 0 Å². The van der Waals surface area contributed by atoms with Crippen LogP contribution in [-0.2, 0) is 5.88 Å². The zero-order valence-corrected chi connectivity index (χ0v) is 12.9. The molecule has 2 heterocycles. The standard InChI is InChI=1S/C12H15Cl2N3S/c1-4-10(12-15-9(5-13)6-18-12)17-8(3)11(14)7(2)16-17/h6,10H,4-5H2,1-3H3. The van der Waals surface area contributed by atoms with Gasteiger partial charge in [-0.05, 0) is 20.3 Å². The second-order valence-corrected chi connectivity index (χ2v) is 5.70. The van der Waals surface area contributed by atoms with E-state index in [0.29, 0.717) is 5.88 Å². The number of aromatic nitrogens is 3. The van der Waals surface area contributed by atoms with Crippen molar-refractivity contribution < 1.29 is 0 Å². The Morgan fingerprint density at radius 3 is 2.61 bits per heavy atom. The highest BCUT2D eigenvalue weighted by Gasteiger charge is 2.20. The van der Waals surface area contributed by atoms with Gasteiger partial charge in [-0.15, -0.1) is 22.9 Å². The molecule has 1 unspecified atom stereocenters. The maximum atomic E-state index is 6.20. The number of rotatable bonds is 4. The van der Waals surface area contributed by atoms with Gasteiger partial charge in [-0.3, -0.25) is 4.68 Å². The second kappa shape index (κ2) is 5.59. The van der Waals surface area contributed by atoms with Crippen molar-refractivity contribution in [2.24, 2.45) is 0 Å². The SMILES string of the molecule is CCC(c1nc(CCl)cs1)n1nc(C)c(Cl)c1C. The highest BCUT2D eigenvalue weighted by atomic mass is 35.5. The molecule has 0 saturated carbocycles. The summed E-state index contributed by atoms with van der Waals surface area (Å²) in [5.74, 6) is 0.449. The normalized spacial score (nSPS) is 12.9. The van der Waals surface area contributed by atoms with E-state index in [1.54, 1.807) is 11.3 Å².